The Bertz CT molecular complexity index is 955. The smallest absolute Gasteiger partial charge is 0.242 e. The van der Waals surface area contributed by atoms with Crippen molar-refractivity contribution in [2.24, 2.45) is 0 Å². The summed E-state index contributed by atoms with van der Waals surface area (Å²) in [7, 11) is 0. The molecule has 1 saturated heterocycles. The maximum atomic E-state index is 13.3. The van der Waals surface area contributed by atoms with Crippen LogP contribution in [0.2, 0.25) is 0 Å². The van der Waals surface area contributed by atoms with Gasteiger partial charge in [-0.25, -0.2) is 9.07 Å². The van der Waals surface area contributed by atoms with Gasteiger partial charge in [-0.15, -0.1) is 10.2 Å². The molecule has 1 fully saturated rings. The Hall–Kier alpha value is -3.29. The highest BCUT2D eigenvalue weighted by Crippen LogP contribution is 2.16. The number of benzene rings is 1. The minimum Gasteiger partial charge on any atom is -0.344 e. The normalized spacial score (nSPS) is 14.7. The maximum absolute atomic E-state index is 13.3. The van der Waals surface area contributed by atoms with Crippen molar-refractivity contribution in [3.63, 3.8) is 0 Å². The molecule has 0 unspecified atom stereocenters. The number of piperazine rings is 1. The van der Waals surface area contributed by atoms with Crippen LogP contribution in [0.25, 0.3) is 5.82 Å². The Morgan fingerprint density at radius 3 is 2.56 bits per heavy atom. The summed E-state index contributed by atoms with van der Waals surface area (Å²) in [6.07, 6.45) is 1.83. The van der Waals surface area contributed by atoms with Gasteiger partial charge in [-0.05, 0) is 42.8 Å². The Morgan fingerprint density at radius 1 is 1.07 bits per heavy atom. The number of hydrogen-bond acceptors (Lipinski definition) is 5. The average Bonchev–Trinajstić information content (AvgIpc) is 3.10. The third-order valence-electron chi connectivity index (χ3n) is 4.50. The van der Waals surface area contributed by atoms with E-state index < -0.39 is 0 Å². The summed E-state index contributed by atoms with van der Waals surface area (Å²) in [6.45, 7) is 3.75. The van der Waals surface area contributed by atoms with E-state index in [1.54, 1.807) is 15.6 Å². The third kappa shape index (κ3) is 3.79. The molecular weight excluding hydrogens is 347 g/mol. The second-order valence-corrected chi connectivity index (χ2v) is 6.52. The highest BCUT2D eigenvalue weighted by molar-refractivity contribution is 5.82. The zero-order valence-electron chi connectivity index (χ0n) is 14.9. The first-order chi connectivity index (χ1) is 13.1. The minimum atomic E-state index is -0.290. The van der Waals surface area contributed by atoms with Crippen LogP contribution in [-0.4, -0.2) is 50.4 Å². The van der Waals surface area contributed by atoms with E-state index in [1.165, 1.54) is 12.1 Å². The molecule has 0 N–H and O–H groups in total. The molecule has 3 aromatic rings. The molecular formula is C19H19FN6O. The lowest BCUT2D eigenvalue weighted by Crippen LogP contribution is -2.50. The van der Waals surface area contributed by atoms with Gasteiger partial charge in [-0.1, -0.05) is 12.1 Å². The third-order valence-corrected chi connectivity index (χ3v) is 4.50. The number of halogens is 1. The van der Waals surface area contributed by atoms with Crippen molar-refractivity contribution in [3.05, 3.63) is 65.7 Å². The summed E-state index contributed by atoms with van der Waals surface area (Å²) in [4.78, 5) is 16.1. The van der Waals surface area contributed by atoms with E-state index >= 15 is 0 Å². The molecule has 0 atom stereocenters. The number of rotatable bonds is 4. The number of aromatic nitrogens is 4. The van der Waals surface area contributed by atoms with Gasteiger partial charge in [0, 0.05) is 25.8 Å². The van der Waals surface area contributed by atoms with E-state index in [-0.39, 0.29) is 18.3 Å². The number of hydrogen-bond donors (Lipinski definition) is 0. The van der Waals surface area contributed by atoms with Crippen molar-refractivity contribution in [2.75, 3.05) is 24.5 Å². The van der Waals surface area contributed by atoms with Gasteiger partial charge < -0.3 is 9.80 Å². The van der Waals surface area contributed by atoms with Gasteiger partial charge in [-0.2, -0.15) is 5.10 Å². The number of carbonyl (C=O) groups excluding carboxylic acids is 1. The van der Waals surface area contributed by atoms with Crippen molar-refractivity contribution in [1.29, 1.82) is 0 Å². The fourth-order valence-electron chi connectivity index (χ4n) is 3.08. The molecule has 0 saturated carbocycles. The SMILES string of the molecule is Cc1ccn(-c2ccc(N3CCN(Cc4cccc(F)c4)C(=O)C3)nn2)n1. The molecule has 0 radical (unpaired) electrons. The Morgan fingerprint density at radius 2 is 1.89 bits per heavy atom. The largest absolute Gasteiger partial charge is 0.344 e. The lowest BCUT2D eigenvalue weighted by Gasteiger charge is -2.34. The van der Waals surface area contributed by atoms with Gasteiger partial charge in [-0.3, -0.25) is 4.79 Å². The molecule has 1 amide bonds. The van der Waals surface area contributed by atoms with E-state index in [1.807, 2.05) is 42.3 Å². The zero-order chi connectivity index (χ0) is 18.8. The number of anilines is 1. The molecule has 1 aromatic carbocycles. The molecule has 27 heavy (non-hydrogen) atoms. The maximum Gasteiger partial charge on any atom is 0.242 e. The molecule has 4 rings (SSSR count). The Balaban J connectivity index is 1.41. The zero-order valence-corrected chi connectivity index (χ0v) is 14.9. The first-order valence-electron chi connectivity index (χ1n) is 8.72. The molecule has 7 nitrogen and oxygen atoms in total. The average molecular weight is 366 g/mol. The summed E-state index contributed by atoms with van der Waals surface area (Å²) in [5.41, 5.74) is 1.69. The van der Waals surface area contributed by atoms with Crippen molar-refractivity contribution in [1.82, 2.24) is 24.9 Å². The highest BCUT2D eigenvalue weighted by atomic mass is 19.1. The molecule has 138 valence electrons. The molecule has 1 aliphatic rings. The standard InChI is InChI=1S/C19H19FN6O/c1-14-7-8-26(23-14)18-6-5-17(21-22-18)24-9-10-25(19(27)13-24)12-15-3-2-4-16(20)11-15/h2-8,11H,9-10,12-13H2,1H3. The number of carbonyl (C=O) groups is 1. The second-order valence-electron chi connectivity index (χ2n) is 6.52. The van der Waals surface area contributed by atoms with E-state index in [9.17, 15) is 9.18 Å². The van der Waals surface area contributed by atoms with Crippen LogP contribution < -0.4 is 4.90 Å². The lowest BCUT2D eigenvalue weighted by molar-refractivity contribution is -0.131. The predicted molar refractivity (Wildman–Crippen MR) is 97.9 cm³/mol. The van der Waals surface area contributed by atoms with Gasteiger partial charge in [0.2, 0.25) is 5.91 Å². The minimum absolute atomic E-state index is 0.0147. The van der Waals surface area contributed by atoms with Gasteiger partial charge >= 0.3 is 0 Å². The molecule has 0 aliphatic carbocycles. The summed E-state index contributed by atoms with van der Waals surface area (Å²) < 4.78 is 15.0. The first kappa shape index (κ1) is 17.1. The van der Waals surface area contributed by atoms with Crippen molar-refractivity contribution < 1.29 is 9.18 Å². The van der Waals surface area contributed by atoms with Crippen molar-refractivity contribution in [3.8, 4) is 5.82 Å². The summed E-state index contributed by atoms with van der Waals surface area (Å²) in [5, 5.41) is 12.7. The Kier molecular flexibility index (Phi) is 4.53. The first-order valence-corrected chi connectivity index (χ1v) is 8.72. The van der Waals surface area contributed by atoms with E-state index in [0.29, 0.717) is 31.3 Å². The fourth-order valence-corrected chi connectivity index (χ4v) is 3.08. The Labute approximate surface area is 156 Å². The molecule has 3 heterocycles. The van der Waals surface area contributed by atoms with Gasteiger partial charge in [0.05, 0.1) is 12.2 Å². The van der Waals surface area contributed by atoms with Gasteiger partial charge in [0.25, 0.3) is 0 Å². The van der Waals surface area contributed by atoms with Crippen LogP contribution in [0.15, 0.2) is 48.7 Å². The highest BCUT2D eigenvalue weighted by Gasteiger charge is 2.25. The molecule has 8 heteroatoms. The van der Waals surface area contributed by atoms with Gasteiger partial charge in [0.1, 0.15) is 5.82 Å². The van der Waals surface area contributed by atoms with Crippen LogP contribution >= 0.6 is 0 Å². The quantitative estimate of drug-likeness (QED) is 0.706. The van der Waals surface area contributed by atoms with Crippen molar-refractivity contribution in [2.45, 2.75) is 13.5 Å². The van der Waals surface area contributed by atoms with Crippen molar-refractivity contribution >= 4 is 11.7 Å². The van der Waals surface area contributed by atoms with E-state index in [4.69, 9.17) is 0 Å². The predicted octanol–water partition coefficient (Wildman–Crippen LogP) is 1.96. The summed E-state index contributed by atoms with van der Waals surface area (Å²) in [5.74, 6) is 0.977. The summed E-state index contributed by atoms with van der Waals surface area (Å²) >= 11 is 0. The number of amides is 1. The molecule has 1 aliphatic heterocycles. The summed E-state index contributed by atoms with van der Waals surface area (Å²) in [6, 6.07) is 11.9. The second kappa shape index (κ2) is 7.14. The number of aryl methyl sites for hydroxylation is 1. The van der Waals surface area contributed by atoms with Crippen LogP contribution in [-0.2, 0) is 11.3 Å². The topological polar surface area (TPSA) is 67.2 Å². The van der Waals surface area contributed by atoms with Crippen LogP contribution in [0.3, 0.4) is 0 Å². The molecule has 2 aromatic heterocycles. The number of nitrogens with zero attached hydrogens (tertiary/aromatic N) is 6. The lowest BCUT2D eigenvalue weighted by atomic mass is 10.2. The monoisotopic (exact) mass is 366 g/mol. The van der Waals surface area contributed by atoms with Gasteiger partial charge in [0.15, 0.2) is 11.6 Å². The molecule has 0 bridgehead atoms. The van der Waals surface area contributed by atoms with E-state index in [0.717, 1.165) is 11.3 Å². The fraction of sp³-hybridized carbons (Fsp3) is 0.263. The van der Waals surface area contributed by atoms with Crippen LogP contribution in [0, 0.1) is 12.7 Å². The van der Waals surface area contributed by atoms with Crippen LogP contribution in [0.5, 0.6) is 0 Å². The van der Waals surface area contributed by atoms with Crippen LogP contribution in [0.1, 0.15) is 11.3 Å². The van der Waals surface area contributed by atoms with Crippen LogP contribution in [0.4, 0.5) is 10.2 Å². The molecule has 0 spiro atoms. The van der Waals surface area contributed by atoms with E-state index in [2.05, 4.69) is 15.3 Å².